The highest BCUT2D eigenvalue weighted by atomic mass is 127. The molecule has 0 saturated heterocycles. The molecule has 8 heteroatoms. The normalized spacial score (nSPS) is 14.2. The van der Waals surface area contributed by atoms with Crippen molar-refractivity contribution in [2.75, 3.05) is 47.5 Å². The second-order valence-corrected chi connectivity index (χ2v) is 5.17. The molecule has 0 aromatic heterocycles. The number of quaternary nitrogens is 1. The molecule has 0 aromatic rings. The molecule has 16 heavy (non-hydrogen) atoms. The molecule has 0 aromatic carbocycles. The van der Waals surface area contributed by atoms with Gasteiger partial charge in [-0.25, -0.2) is 0 Å². The summed E-state index contributed by atoms with van der Waals surface area (Å²) >= 11 is 0. The smallest absolute Gasteiger partial charge is 0.697 e. The van der Waals surface area contributed by atoms with Crippen molar-refractivity contribution in [3.05, 3.63) is 0 Å². The van der Waals surface area contributed by atoms with Gasteiger partial charge >= 0.3 is 8.25 Å². The van der Waals surface area contributed by atoms with E-state index >= 15 is 0 Å². The third-order valence-electron chi connectivity index (χ3n) is 1.54. The lowest BCUT2D eigenvalue weighted by atomic mass is 10.4. The zero-order valence-corrected chi connectivity index (χ0v) is 12.8. The van der Waals surface area contributed by atoms with Gasteiger partial charge in [0.1, 0.15) is 19.3 Å². The molecule has 2 N–H and O–H groups in total. The summed E-state index contributed by atoms with van der Waals surface area (Å²) in [6, 6.07) is 0. The summed E-state index contributed by atoms with van der Waals surface area (Å²) in [5.41, 5.74) is 0. The van der Waals surface area contributed by atoms with Crippen LogP contribution in [0.1, 0.15) is 0 Å². The minimum Gasteiger partial charge on any atom is -1.00 e. The van der Waals surface area contributed by atoms with E-state index in [1.54, 1.807) is 0 Å². The van der Waals surface area contributed by atoms with Crippen molar-refractivity contribution in [3.63, 3.8) is 0 Å². The number of likely N-dealkylation sites (N-methyl/N-ethyl adjacent to an activating group) is 1. The van der Waals surface area contributed by atoms with Crippen LogP contribution in [0.3, 0.4) is 0 Å². The minimum atomic E-state index is -2.20. The van der Waals surface area contributed by atoms with Gasteiger partial charge in [-0.15, -0.1) is 9.05 Å². The topological polar surface area (TPSA) is 76.0 Å². The Morgan fingerprint density at radius 2 is 1.88 bits per heavy atom. The van der Waals surface area contributed by atoms with Crippen LogP contribution < -0.4 is 24.0 Å². The van der Waals surface area contributed by atoms with E-state index in [1.165, 1.54) is 0 Å². The molecule has 2 atom stereocenters. The molecule has 98 valence electrons. The average molecular weight is 368 g/mol. The van der Waals surface area contributed by atoms with Crippen molar-refractivity contribution in [3.8, 4) is 0 Å². The van der Waals surface area contributed by atoms with Gasteiger partial charge in [-0.3, -0.25) is 0 Å². The van der Waals surface area contributed by atoms with Crippen molar-refractivity contribution >= 4 is 8.25 Å². The maximum absolute atomic E-state index is 11.1. The Morgan fingerprint density at radius 1 is 1.31 bits per heavy atom. The van der Waals surface area contributed by atoms with E-state index in [0.717, 1.165) is 0 Å². The first-order valence-electron chi connectivity index (χ1n) is 4.67. The summed E-state index contributed by atoms with van der Waals surface area (Å²) in [7, 11) is 3.78. The molecule has 0 rings (SSSR count). The highest BCUT2D eigenvalue weighted by Gasteiger charge is 2.23. The summed E-state index contributed by atoms with van der Waals surface area (Å²) in [4.78, 5) is 0. The molecule has 0 spiro atoms. The molecule has 0 amide bonds. The zero-order chi connectivity index (χ0) is 11.9. The summed E-state index contributed by atoms with van der Waals surface area (Å²) in [6.45, 7) is 0.443. The van der Waals surface area contributed by atoms with Gasteiger partial charge < -0.3 is 38.7 Å². The van der Waals surface area contributed by atoms with Crippen molar-refractivity contribution in [1.82, 2.24) is 0 Å². The number of nitrogens with zero attached hydrogens (tertiary/aromatic N) is 1. The summed E-state index contributed by atoms with van der Waals surface area (Å²) in [5, 5.41) is 17.4. The zero-order valence-electron chi connectivity index (χ0n) is 9.80. The summed E-state index contributed by atoms with van der Waals surface area (Å²) in [6.07, 6.45) is -1.01. The largest absolute Gasteiger partial charge is 1.00 e. The first-order chi connectivity index (χ1) is 6.85. The number of halogens is 1. The predicted octanol–water partition coefficient (Wildman–Crippen LogP) is -3.26. The van der Waals surface area contributed by atoms with Gasteiger partial charge in [-0.1, -0.05) is 0 Å². The number of aliphatic hydroxyl groups excluding tert-OH is 2. The fourth-order valence-electron chi connectivity index (χ4n) is 0.626. The van der Waals surface area contributed by atoms with Crippen LogP contribution in [0.5, 0.6) is 0 Å². The van der Waals surface area contributed by atoms with E-state index in [0.29, 0.717) is 17.6 Å². The highest BCUT2D eigenvalue weighted by molar-refractivity contribution is 7.33. The van der Waals surface area contributed by atoms with Crippen LogP contribution in [0.2, 0.25) is 0 Å². The second-order valence-electron chi connectivity index (χ2n) is 4.20. The monoisotopic (exact) mass is 368 g/mol. The molecule has 0 aliphatic rings. The molecule has 0 radical (unpaired) electrons. The predicted molar refractivity (Wildman–Crippen MR) is 55.5 cm³/mol. The van der Waals surface area contributed by atoms with E-state index in [2.05, 4.69) is 4.52 Å². The third kappa shape index (κ3) is 12.7. The van der Waals surface area contributed by atoms with Crippen molar-refractivity contribution in [2.24, 2.45) is 0 Å². The SMILES string of the molecule is C[N+](C)(C)CCO[P+](=O)OCC(O)CO.[I-]. The van der Waals surface area contributed by atoms with Crippen molar-refractivity contribution in [2.45, 2.75) is 6.10 Å². The van der Waals surface area contributed by atoms with E-state index in [1.807, 2.05) is 21.1 Å². The summed E-state index contributed by atoms with van der Waals surface area (Å²) < 4.78 is 21.3. The third-order valence-corrected chi connectivity index (χ3v) is 2.30. The van der Waals surface area contributed by atoms with E-state index in [9.17, 15) is 4.57 Å². The van der Waals surface area contributed by atoms with Crippen LogP contribution in [0.25, 0.3) is 0 Å². The van der Waals surface area contributed by atoms with E-state index in [-0.39, 0.29) is 30.6 Å². The first-order valence-corrected chi connectivity index (χ1v) is 5.77. The molecule has 0 bridgehead atoms. The van der Waals surface area contributed by atoms with Crippen molar-refractivity contribution < 1.29 is 52.3 Å². The maximum atomic E-state index is 11.1. The molecule has 0 aliphatic carbocycles. The molecule has 0 aliphatic heterocycles. The standard InChI is InChI=1S/C8H20NO5P.HI/c1-9(2,3)4-5-13-15(12)14-7-8(11)6-10;/h8,10-11H,4-7H2,1-3H3;1H/q+2;/p-1. The van der Waals surface area contributed by atoms with Gasteiger partial charge in [0.2, 0.25) is 0 Å². The number of hydrogen-bond acceptors (Lipinski definition) is 5. The number of aliphatic hydroxyl groups is 2. The minimum absolute atomic E-state index is 0. The Hall–Kier alpha value is 0.630. The van der Waals surface area contributed by atoms with Crippen LogP contribution in [-0.2, 0) is 13.6 Å². The molecule has 0 heterocycles. The van der Waals surface area contributed by atoms with Gasteiger partial charge in [-0.05, 0) is 0 Å². The van der Waals surface area contributed by atoms with E-state index < -0.39 is 21.0 Å². The van der Waals surface area contributed by atoms with Gasteiger partial charge in [-0.2, -0.15) is 0 Å². The van der Waals surface area contributed by atoms with Crippen LogP contribution in [-0.4, -0.2) is 68.3 Å². The number of rotatable bonds is 8. The first kappa shape index (κ1) is 19.0. The fourth-order valence-corrected chi connectivity index (χ4v) is 1.23. The fraction of sp³-hybridized carbons (Fsp3) is 1.00. The Balaban J connectivity index is 0. The Bertz CT molecular complexity index is 199. The molecule has 6 nitrogen and oxygen atoms in total. The highest BCUT2D eigenvalue weighted by Crippen LogP contribution is 2.23. The molecule has 0 fully saturated rings. The summed E-state index contributed by atoms with van der Waals surface area (Å²) in [5.74, 6) is 0. The maximum Gasteiger partial charge on any atom is 0.697 e. The average Bonchev–Trinajstić information content (AvgIpc) is 2.12. The van der Waals surface area contributed by atoms with Gasteiger partial charge in [0, 0.05) is 4.57 Å². The lowest BCUT2D eigenvalue weighted by Gasteiger charge is -2.21. The molecular weight excluding hydrogens is 348 g/mol. The number of hydrogen-bond donors (Lipinski definition) is 2. The van der Waals surface area contributed by atoms with Crippen LogP contribution in [0.15, 0.2) is 0 Å². The quantitative estimate of drug-likeness (QED) is 0.267. The Labute approximate surface area is 114 Å². The van der Waals surface area contributed by atoms with Crippen molar-refractivity contribution in [1.29, 1.82) is 0 Å². The van der Waals surface area contributed by atoms with Crippen LogP contribution in [0.4, 0.5) is 0 Å². The lowest BCUT2D eigenvalue weighted by molar-refractivity contribution is -0.870. The van der Waals surface area contributed by atoms with Gasteiger partial charge in [0.05, 0.1) is 27.7 Å². The molecule has 2 unspecified atom stereocenters. The van der Waals surface area contributed by atoms with E-state index in [4.69, 9.17) is 14.7 Å². The van der Waals surface area contributed by atoms with Gasteiger partial charge in [0.15, 0.2) is 6.61 Å². The van der Waals surface area contributed by atoms with Crippen LogP contribution >= 0.6 is 8.25 Å². The molecular formula is C8H20INO5P+. The Kier molecular flexibility index (Phi) is 11.4. The van der Waals surface area contributed by atoms with Crippen LogP contribution in [0, 0.1) is 0 Å². The Morgan fingerprint density at radius 3 is 2.31 bits per heavy atom. The lowest BCUT2D eigenvalue weighted by Crippen LogP contribution is -3.00. The second kappa shape index (κ2) is 9.64. The van der Waals surface area contributed by atoms with Gasteiger partial charge in [0.25, 0.3) is 0 Å². The molecule has 0 saturated carbocycles.